The molecular formula is C19H30N4O3S. The molecule has 2 unspecified atom stereocenters. The maximum Gasteiger partial charge on any atom is 0.260 e. The lowest BCUT2D eigenvalue weighted by atomic mass is 9.88. The van der Waals surface area contributed by atoms with Crippen LogP contribution in [0.2, 0.25) is 0 Å². The number of hydrogen-bond donors (Lipinski definition) is 1. The lowest BCUT2D eigenvalue weighted by molar-refractivity contribution is -0.1000. The summed E-state index contributed by atoms with van der Waals surface area (Å²) in [5.74, 6) is 1.41. The van der Waals surface area contributed by atoms with Gasteiger partial charge in [-0.2, -0.15) is 9.40 Å². The third kappa shape index (κ3) is 3.24. The van der Waals surface area contributed by atoms with Crippen molar-refractivity contribution in [1.82, 2.24) is 19.4 Å². The fourth-order valence-electron chi connectivity index (χ4n) is 4.99. The highest BCUT2D eigenvalue weighted by molar-refractivity contribution is 7.89. The fraction of sp³-hybridized carbons (Fsp3) is 0.842. The number of rotatable bonds is 6. The first kappa shape index (κ1) is 18.1. The standard InChI is InChI=1S/C19H30N4O3S/c1-19(11-26-12-19)10-20-16-5-14-8-23(9-15(14)6-16)27(24,25)18-7-17(13-3-4-13)21-22(18)2/h7,13-16,20H,3-6,8-12H2,1-2H3. The summed E-state index contributed by atoms with van der Waals surface area (Å²) in [5.41, 5.74) is 1.22. The van der Waals surface area contributed by atoms with Gasteiger partial charge in [0.05, 0.1) is 18.9 Å². The van der Waals surface area contributed by atoms with Gasteiger partial charge in [0.15, 0.2) is 5.03 Å². The number of nitrogens with zero attached hydrogens (tertiary/aromatic N) is 3. The van der Waals surface area contributed by atoms with Crippen LogP contribution in [0.5, 0.6) is 0 Å². The van der Waals surface area contributed by atoms with Crippen LogP contribution in [0.4, 0.5) is 0 Å². The molecule has 1 aromatic heterocycles. The molecule has 0 amide bonds. The molecule has 7 nitrogen and oxygen atoms in total. The van der Waals surface area contributed by atoms with Crippen LogP contribution in [0.15, 0.2) is 11.1 Å². The van der Waals surface area contributed by atoms with Crippen molar-refractivity contribution in [2.75, 3.05) is 32.8 Å². The van der Waals surface area contributed by atoms with Gasteiger partial charge in [-0.3, -0.25) is 4.68 Å². The topological polar surface area (TPSA) is 76.5 Å². The first-order chi connectivity index (χ1) is 12.8. The zero-order valence-corrected chi connectivity index (χ0v) is 17.0. The number of nitrogens with one attached hydrogen (secondary N) is 1. The molecule has 1 N–H and O–H groups in total. The third-order valence-electron chi connectivity index (χ3n) is 6.89. The van der Waals surface area contributed by atoms with E-state index in [2.05, 4.69) is 17.3 Å². The van der Waals surface area contributed by atoms with E-state index >= 15 is 0 Å². The molecule has 150 valence electrons. The van der Waals surface area contributed by atoms with Crippen molar-refractivity contribution in [3.8, 4) is 0 Å². The second-order valence-electron chi connectivity index (χ2n) is 9.50. The SMILES string of the molecule is Cn1nc(C2CC2)cc1S(=O)(=O)N1CC2CC(NCC3(C)COC3)CC2C1. The van der Waals surface area contributed by atoms with E-state index < -0.39 is 10.0 Å². The smallest absolute Gasteiger partial charge is 0.260 e. The molecule has 5 rings (SSSR count). The molecular weight excluding hydrogens is 364 g/mol. The predicted octanol–water partition coefficient (Wildman–Crippen LogP) is 1.32. The van der Waals surface area contributed by atoms with Crippen LogP contribution >= 0.6 is 0 Å². The Hall–Kier alpha value is -0.960. The van der Waals surface area contributed by atoms with E-state index in [4.69, 9.17) is 4.74 Å². The second kappa shape index (κ2) is 6.27. The molecule has 4 aliphatic rings. The van der Waals surface area contributed by atoms with Crippen molar-refractivity contribution >= 4 is 10.0 Å². The lowest BCUT2D eigenvalue weighted by Crippen LogP contribution is -2.49. The molecule has 0 radical (unpaired) electrons. The van der Waals surface area contributed by atoms with Gasteiger partial charge in [0.1, 0.15) is 0 Å². The van der Waals surface area contributed by atoms with Crippen LogP contribution in [0.3, 0.4) is 0 Å². The van der Waals surface area contributed by atoms with Crippen LogP contribution in [-0.2, 0) is 21.8 Å². The quantitative estimate of drug-likeness (QED) is 0.788. The zero-order valence-electron chi connectivity index (χ0n) is 16.2. The molecule has 2 aliphatic carbocycles. The summed E-state index contributed by atoms with van der Waals surface area (Å²) < 4.78 is 34.9. The molecule has 3 heterocycles. The molecule has 0 spiro atoms. The molecule has 0 aromatic carbocycles. The first-order valence-electron chi connectivity index (χ1n) is 10.2. The summed E-state index contributed by atoms with van der Waals surface area (Å²) in [6.07, 6.45) is 4.41. The minimum atomic E-state index is -3.45. The van der Waals surface area contributed by atoms with E-state index in [0.717, 1.165) is 51.1 Å². The molecule has 2 saturated heterocycles. The Labute approximate surface area is 161 Å². The minimum absolute atomic E-state index is 0.284. The van der Waals surface area contributed by atoms with E-state index in [1.807, 2.05) is 0 Å². The van der Waals surface area contributed by atoms with Crippen molar-refractivity contribution in [2.24, 2.45) is 24.3 Å². The second-order valence-corrected chi connectivity index (χ2v) is 11.4. The number of ether oxygens (including phenoxy) is 1. The Morgan fingerprint density at radius 1 is 1.26 bits per heavy atom. The average Bonchev–Trinajstić information content (AvgIpc) is 3.06. The van der Waals surface area contributed by atoms with Gasteiger partial charge in [-0.15, -0.1) is 0 Å². The van der Waals surface area contributed by atoms with Crippen LogP contribution in [0.1, 0.15) is 44.2 Å². The fourth-order valence-corrected chi connectivity index (χ4v) is 6.67. The number of aromatic nitrogens is 2. The molecule has 4 fully saturated rings. The third-order valence-corrected chi connectivity index (χ3v) is 8.78. The molecule has 1 aromatic rings. The highest BCUT2D eigenvalue weighted by Crippen LogP contribution is 2.42. The summed E-state index contributed by atoms with van der Waals surface area (Å²) in [5, 5.41) is 8.51. The van der Waals surface area contributed by atoms with Crippen LogP contribution < -0.4 is 5.32 Å². The Morgan fingerprint density at radius 3 is 2.48 bits per heavy atom. The molecule has 8 heteroatoms. The van der Waals surface area contributed by atoms with E-state index in [1.165, 1.54) is 0 Å². The van der Waals surface area contributed by atoms with Crippen molar-refractivity contribution in [3.63, 3.8) is 0 Å². The van der Waals surface area contributed by atoms with Crippen LogP contribution in [0, 0.1) is 17.3 Å². The monoisotopic (exact) mass is 394 g/mol. The molecule has 27 heavy (non-hydrogen) atoms. The number of hydrogen-bond acceptors (Lipinski definition) is 5. The summed E-state index contributed by atoms with van der Waals surface area (Å²) in [4.78, 5) is 0. The average molecular weight is 395 g/mol. The van der Waals surface area contributed by atoms with Crippen molar-refractivity contribution in [1.29, 1.82) is 0 Å². The van der Waals surface area contributed by atoms with Crippen molar-refractivity contribution < 1.29 is 13.2 Å². The van der Waals surface area contributed by atoms with Crippen LogP contribution in [0.25, 0.3) is 0 Å². The van der Waals surface area contributed by atoms with Gasteiger partial charge in [0, 0.05) is 50.1 Å². The first-order valence-corrected chi connectivity index (χ1v) is 11.6. The lowest BCUT2D eigenvalue weighted by Gasteiger charge is -2.39. The summed E-state index contributed by atoms with van der Waals surface area (Å²) in [6, 6.07) is 2.31. The van der Waals surface area contributed by atoms with E-state index in [1.54, 1.807) is 22.1 Å². The van der Waals surface area contributed by atoms with Gasteiger partial charge in [-0.1, -0.05) is 6.92 Å². The van der Waals surface area contributed by atoms with Gasteiger partial charge in [0.2, 0.25) is 0 Å². The van der Waals surface area contributed by atoms with Crippen molar-refractivity contribution in [2.45, 2.75) is 49.6 Å². The van der Waals surface area contributed by atoms with E-state index in [-0.39, 0.29) is 5.41 Å². The van der Waals surface area contributed by atoms with E-state index in [9.17, 15) is 8.42 Å². The predicted molar refractivity (Wildman–Crippen MR) is 101 cm³/mol. The van der Waals surface area contributed by atoms with Gasteiger partial charge in [-0.25, -0.2) is 8.42 Å². The maximum absolute atomic E-state index is 13.2. The highest BCUT2D eigenvalue weighted by atomic mass is 32.2. The largest absolute Gasteiger partial charge is 0.380 e. The minimum Gasteiger partial charge on any atom is -0.380 e. The van der Waals surface area contributed by atoms with E-state index in [0.29, 0.717) is 41.9 Å². The number of fused-ring (bicyclic) bond motifs is 1. The number of aryl methyl sites for hydroxylation is 1. The summed E-state index contributed by atoms with van der Waals surface area (Å²) in [7, 11) is -1.70. The molecule has 2 aliphatic heterocycles. The maximum atomic E-state index is 13.2. The highest BCUT2D eigenvalue weighted by Gasteiger charge is 2.46. The molecule has 2 atom stereocenters. The Kier molecular flexibility index (Phi) is 4.20. The van der Waals surface area contributed by atoms with Gasteiger partial charge < -0.3 is 10.1 Å². The number of sulfonamides is 1. The normalized spacial score (nSPS) is 33.2. The molecule has 0 bridgehead atoms. The van der Waals surface area contributed by atoms with Crippen molar-refractivity contribution in [3.05, 3.63) is 11.8 Å². The molecule has 2 saturated carbocycles. The summed E-state index contributed by atoms with van der Waals surface area (Å²) in [6.45, 7) is 6.25. The Morgan fingerprint density at radius 2 is 1.93 bits per heavy atom. The zero-order chi connectivity index (χ0) is 18.8. The summed E-state index contributed by atoms with van der Waals surface area (Å²) >= 11 is 0. The van der Waals surface area contributed by atoms with Gasteiger partial charge in [-0.05, 0) is 37.5 Å². The van der Waals surface area contributed by atoms with Gasteiger partial charge >= 0.3 is 0 Å². The Bertz CT molecular complexity index is 814. The van der Waals surface area contributed by atoms with Crippen LogP contribution in [-0.4, -0.2) is 61.4 Å². The Balaban J connectivity index is 1.22. The van der Waals surface area contributed by atoms with Gasteiger partial charge in [0.25, 0.3) is 10.0 Å².